The molecule has 4 aromatic rings. The number of ether oxygens (including phenoxy) is 1. The number of nitrogens with one attached hydrogen (secondary N) is 1. The van der Waals surface area contributed by atoms with Gasteiger partial charge >= 0.3 is 0 Å². The van der Waals surface area contributed by atoms with Crippen molar-refractivity contribution in [2.24, 2.45) is 0 Å². The van der Waals surface area contributed by atoms with Gasteiger partial charge in [-0.2, -0.15) is 0 Å². The second-order valence-corrected chi connectivity index (χ2v) is 7.33. The van der Waals surface area contributed by atoms with E-state index in [1.165, 1.54) is 16.9 Å². The van der Waals surface area contributed by atoms with Gasteiger partial charge < -0.3 is 9.15 Å². The van der Waals surface area contributed by atoms with Crippen LogP contribution in [0.15, 0.2) is 34.7 Å². The molecule has 0 saturated heterocycles. The maximum Gasteiger partial charge on any atom is 0.293 e. The first-order valence-corrected chi connectivity index (χ1v) is 9.04. The number of methoxy groups -OCH3 is 1. The zero-order chi connectivity index (χ0) is 18.4. The molecule has 0 radical (unpaired) electrons. The van der Waals surface area contributed by atoms with Gasteiger partial charge in [-0.3, -0.25) is 10.1 Å². The van der Waals surface area contributed by atoms with Crippen LogP contribution in [-0.2, 0) is 0 Å². The van der Waals surface area contributed by atoms with Crippen LogP contribution in [0.2, 0.25) is 0 Å². The first-order chi connectivity index (χ1) is 12.5. The maximum atomic E-state index is 12.7. The van der Waals surface area contributed by atoms with Crippen molar-refractivity contribution in [1.29, 1.82) is 0 Å². The van der Waals surface area contributed by atoms with Crippen LogP contribution in [0.4, 0.5) is 5.13 Å². The van der Waals surface area contributed by atoms with Gasteiger partial charge in [0.15, 0.2) is 10.9 Å². The summed E-state index contributed by atoms with van der Waals surface area (Å²) in [5.41, 5.74) is 4.69. The van der Waals surface area contributed by atoms with E-state index < -0.39 is 0 Å². The van der Waals surface area contributed by atoms with E-state index in [9.17, 15) is 4.79 Å². The fourth-order valence-corrected chi connectivity index (χ4v) is 3.82. The average molecular weight is 366 g/mol. The summed E-state index contributed by atoms with van der Waals surface area (Å²) in [5.74, 6) is 0.791. The summed E-state index contributed by atoms with van der Waals surface area (Å²) in [6.45, 7) is 5.98. The predicted molar refractivity (Wildman–Crippen MR) is 105 cm³/mol. The summed E-state index contributed by atoms with van der Waals surface area (Å²) < 4.78 is 12.0. The molecule has 0 unspecified atom stereocenters. The van der Waals surface area contributed by atoms with Crippen molar-refractivity contribution in [3.63, 3.8) is 0 Å². The highest BCUT2D eigenvalue weighted by molar-refractivity contribution is 7.22. The van der Waals surface area contributed by atoms with Gasteiger partial charge in [0, 0.05) is 10.9 Å². The van der Waals surface area contributed by atoms with E-state index >= 15 is 0 Å². The van der Waals surface area contributed by atoms with Crippen molar-refractivity contribution >= 4 is 43.6 Å². The Hall–Kier alpha value is -2.86. The van der Waals surface area contributed by atoms with E-state index in [1.54, 1.807) is 7.11 Å². The van der Waals surface area contributed by atoms with Crippen molar-refractivity contribution in [3.8, 4) is 5.75 Å². The molecule has 0 atom stereocenters. The molecule has 0 aliphatic heterocycles. The zero-order valence-corrected chi connectivity index (χ0v) is 15.8. The molecule has 0 bridgehead atoms. The number of hydrogen-bond donors (Lipinski definition) is 1. The van der Waals surface area contributed by atoms with Crippen molar-refractivity contribution < 1.29 is 13.9 Å². The molecule has 132 valence electrons. The number of carbonyl (C=O) groups is 1. The number of carbonyl (C=O) groups excluding carboxylic acids is 1. The van der Waals surface area contributed by atoms with Crippen molar-refractivity contribution in [2.75, 3.05) is 12.4 Å². The summed E-state index contributed by atoms with van der Waals surface area (Å²) in [7, 11) is 1.62. The van der Waals surface area contributed by atoms with Gasteiger partial charge in [0.1, 0.15) is 11.3 Å². The number of aromatic nitrogens is 1. The van der Waals surface area contributed by atoms with Crippen LogP contribution < -0.4 is 10.1 Å². The molecule has 6 heteroatoms. The second kappa shape index (κ2) is 6.14. The summed E-state index contributed by atoms with van der Waals surface area (Å²) in [6, 6.07) is 9.66. The topological polar surface area (TPSA) is 64.4 Å². The molecular weight excluding hydrogens is 348 g/mol. The normalized spacial score (nSPS) is 11.2. The molecule has 2 aromatic heterocycles. The first-order valence-electron chi connectivity index (χ1n) is 8.22. The molecule has 26 heavy (non-hydrogen) atoms. The van der Waals surface area contributed by atoms with Crippen LogP contribution in [0.25, 0.3) is 21.2 Å². The van der Waals surface area contributed by atoms with Gasteiger partial charge in [0.05, 0.1) is 17.3 Å². The van der Waals surface area contributed by atoms with E-state index in [4.69, 9.17) is 9.15 Å². The fraction of sp³-hybridized carbons (Fsp3) is 0.200. The molecule has 1 N–H and O–H groups in total. The van der Waals surface area contributed by atoms with Crippen molar-refractivity contribution in [2.45, 2.75) is 20.8 Å². The number of hydrogen-bond acceptors (Lipinski definition) is 5. The summed E-state index contributed by atoms with van der Waals surface area (Å²) in [5, 5.41) is 4.35. The minimum atomic E-state index is -0.292. The SMILES string of the molecule is COc1ccc2nc(NC(=O)c3oc4cc(C)c(C)cc4c3C)sc2c1. The number of aryl methyl sites for hydroxylation is 3. The van der Waals surface area contributed by atoms with Crippen molar-refractivity contribution in [1.82, 2.24) is 4.98 Å². The second-order valence-electron chi connectivity index (χ2n) is 6.30. The number of anilines is 1. The van der Waals surface area contributed by atoms with Gasteiger partial charge in [0.2, 0.25) is 0 Å². The lowest BCUT2D eigenvalue weighted by Gasteiger charge is -1.99. The van der Waals surface area contributed by atoms with E-state index in [-0.39, 0.29) is 5.91 Å². The fourth-order valence-electron chi connectivity index (χ4n) is 2.93. The lowest BCUT2D eigenvalue weighted by Crippen LogP contribution is -2.11. The van der Waals surface area contributed by atoms with Crippen LogP contribution in [0.3, 0.4) is 0 Å². The van der Waals surface area contributed by atoms with Crippen LogP contribution in [0.5, 0.6) is 5.75 Å². The smallest absolute Gasteiger partial charge is 0.293 e. The Morgan fingerprint density at radius 2 is 1.92 bits per heavy atom. The third kappa shape index (κ3) is 2.72. The minimum Gasteiger partial charge on any atom is -0.497 e. The quantitative estimate of drug-likeness (QED) is 0.539. The number of amides is 1. The van der Waals surface area contributed by atoms with E-state index in [0.29, 0.717) is 10.9 Å². The molecule has 0 spiro atoms. The summed E-state index contributed by atoms with van der Waals surface area (Å²) >= 11 is 1.40. The molecule has 5 nitrogen and oxygen atoms in total. The molecule has 2 heterocycles. The molecular formula is C20H18N2O3S. The lowest BCUT2D eigenvalue weighted by atomic mass is 10.1. The van der Waals surface area contributed by atoms with Crippen LogP contribution in [-0.4, -0.2) is 18.0 Å². The van der Waals surface area contributed by atoms with Crippen LogP contribution in [0.1, 0.15) is 27.2 Å². The van der Waals surface area contributed by atoms with Crippen LogP contribution in [0, 0.1) is 20.8 Å². The molecule has 0 aliphatic rings. The molecule has 1 amide bonds. The Balaban J connectivity index is 1.68. The van der Waals surface area contributed by atoms with E-state index in [0.717, 1.165) is 38.1 Å². The molecule has 0 aliphatic carbocycles. The van der Waals surface area contributed by atoms with Crippen LogP contribution >= 0.6 is 11.3 Å². The minimum absolute atomic E-state index is 0.292. The zero-order valence-electron chi connectivity index (χ0n) is 15.0. The summed E-state index contributed by atoms with van der Waals surface area (Å²) in [4.78, 5) is 17.2. The maximum absolute atomic E-state index is 12.7. The highest BCUT2D eigenvalue weighted by atomic mass is 32.1. The number of rotatable bonds is 3. The Labute approximate surface area is 154 Å². The standard InChI is InChI=1S/C20H18N2O3S/c1-10-7-14-12(3)18(25-16(14)8-11(10)2)19(23)22-20-21-15-6-5-13(24-4)9-17(15)26-20/h5-9H,1-4H3,(H,21,22,23). The number of furan rings is 1. The van der Waals surface area contributed by atoms with E-state index in [1.807, 2.05) is 38.1 Å². The average Bonchev–Trinajstić information content (AvgIpc) is 3.15. The number of benzene rings is 2. The van der Waals surface area contributed by atoms with Gasteiger partial charge in [0.25, 0.3) is 5.91 Å². The van der Waals surface area contributed by atoms with Crippen molar-refractivity contribution in [3.05, 3.63) is 52.8 Å². The van der Waals surface area contributed by atoms with E-state index in [2.05, 4.69) is 23.3 Å². The Bertz CT molecular complexity index is 1160. The number of fused-ring (bicyclic) bond motifs is 2. The Morgan fingerprint density at radius 3 is 2.69 bits per heavy atom. The summed E-state index contributed by atoms with van der Waals surface area (Å²) in [6.07, 6.45) is 0. The number of thiazole rings is 1. The van der Waals surface area contributed by atoms with Gasteiger partial charge in [-0.15, -0.1) is 0 Å². The molecule has 0 saturated carbocycles. The highest BCUT2D eigenvalue weighted by Crippen LogP contribution is 2.31. The molecule has 0 fully saturated rings. The van der Waals surface area contributed by atoms with Gasteiger partial charge in [-0.05, 0) is 62.2 Å². The molecule has 4 rings (SSSR count). The van der Waals surface area contributed by atoms with Gasteiger partial charge in [-0.1, -0.05) is 11.3 Å². The van der Waals surface area contributed by atoms with Gasteiger partial charge in [-0.25, -0.2) is 4.98 Å². The lowest BCUT2D eigenvalue weighted by molar-refractivity contribution is 0.0998. The largest absolute Gasteiger partial charge is 0.497 e. The third-order valence-electron chi connectivity index (χ3n) is 4.57. The highest BCUT2D eigenvalue weighted by Gasteiger charge is 2.19. The molecule has 2 aromatic carbocycles. The first kappa shape index (κ1) is 16.6. The third-order valence-corrected chi connectivity index (χ3v) is 5.51. The number of nitrogens with zero attached hydrogens (tertiary/aromatic N) is 1. The Morgan fingerprint density at radius 1 is 1.15 bits per heavy atom. The predicted octanol–water partition coefficient (Wildman–Crippen LogP) is 5.23. The monoisotopic (exact) mass is 366 g/mol. The Kier molecular flexibility index (Phi) is 3.92.